The third kappa shape index (κ3) is 3.91. The van der Waals surface area contributed by atoms with Crippen LogP contribution in [0.4, 0.5) is 17.1 Å². The van der Waals surface area contributed by atoms with Crippen molar-refractivity contribution in [3.8, 4) is 0 Å². The lowest BCUT2D eigenvalue weighted by Gasteiger charge is -2.27. The summed E-state index contributed by atoms with van der Waals surface area (Å²) in [5, 5.41) is 2.68. The van der Waals surface area contributed by atoms with Crippen LogP contribution in [0, 0.1) is 5.92 Å². The molecule has 1 aromatic heterocycles. The van der Waals surface area contributed by atoms with Crippen LogP contribution < -0.4 is 4.90 Å². The van der Waals surface area contributed by atoms with E-state index in [1.54, 1.807) is 0 Å². The van der Waals surface area contributed by atoms with Crippen molar-refractivity contribution < 1.29 is 0 Å². The maximum Gasteiger partial charge on any atom is 0.0534 e. The minimum Gasteiger partial charge on any atom is -0.340 e. The van der Waals surface area contributed by atoms with E-state index >= 15 is 0 Å². The molecule has 1 aliphatic heterocycles. The Kier molecular flexibility index (Phi) is 6.11. The fraction of sp³-hybridized carbons (Fsp3) is 0.235. The Labute approximate surface area is 214 Å². The third-order valence-corrected chi connectivity index (χ3v) is 7.80. The van der Waals surface area contributed by atoms with E-state index in [1.165, 1.54) is 75.7 Å². The maximum atomic E-state index is 2.57. The molecular weight excluding hydrogens is 436 g/mol. The molecule has 0 bridgehead atoms. The molecule has 1 atom stereocenters. The van der Waals surface area contributed by atoms with E-state index in [0.717, 1.165) is 6.54 Å². The highest BCUT2D eigenvalue weighted by atomic mass is 15.1. The van der Waals surface area contributed by atoms with Crippen molar-refractivity contribution in [1.82, 2.24) is 4.57 Å². The van der Waals surface area contributed by atoms with Crippen molar-refractivity contribution in [1.29, 1.82) is 0 Å². The molecule has 0 N–H and O–H groups in total. The van der Waals surface area contributed by atoms with Crippen LogP contribution in [0.5, 0.6) is 0 Å². The van der Waals surface area contributed by atoms with Gasteiger partial charge in [0.1, 0.15) is 0 Å². The van der Waals surface area contributed by atoms with E-state index in [4.69, 9.17) is 0 Å². The number of fused-ring (bicyclic) bond motifs is 5. The van der Waals surface area contributed by atoms with Gasteiger partial charge in [0.15, 0.2) is 0 Å². The summed E-state index contributed by atoms with van der Waals surface area (Å²) in [7, 11) is 0. The molecule has 1 unspecified atom stereocenters. The number of hydrogen-bond donors (Lipinski definition) is 0. The summed E-state index contributed by atoms with van der Waals surface area (Å²) in [5.41, 5.74) is 8.78. The van der Waals surface area contributed by atoms with Gasteiger partial charge in [-0.15, -0.1) is 0 Å². The van der Waals surface area contributed by atoms with Gasteiger partial charge in [-0.1, -0.05) is 99.9 Å². The highest BCUT2D eigenvalue weighted by Crippen LogP contribution is 2.43. The number of nitrogens with zero attached hydrogens (tertiary/aromatic N) is 2. The molecule has 0 amide bonds. The van der Waals surface area contributed by atoms with Crippen molar-refractivity contribution in [3.63, 3.8) is 0 Å². The molecule has 2 heteroatoms. The second-order valence-electron chi connectivity index (χ2n) is 10.0. The summed E-state index contributed by atoms with van der Waals surface area (Å²) in [5.74, 6) is 0.707. The van der Waals surface area contributed by atoms with Crippen LogP contribution in [0.25, 0.3) is 34.0 Å². The average molecular weight is 471 g/mol. The van der Waals surface area contributed by atoms with E-state index in [2.05, 4.69) is 126 Å². The van der Waals surface area contributed by atoms with Gasteiger partial charge in [-0.05, 0) is 59.9 Å². The minimum atomic E-state index is 0.707. The highest BCUT2D eigenvalue weighted by Gasteiger charge is 2.21. The Bertz CT molecular complexity index is 1510. The Balaban J connectivity index is 1.53. The average Bonchev–Trinajstić information content (AvgIpc) is 3.12. The molecule has 2 nitrogen and oxygen atoms in total. The summed E-state index contributed by atoms with van der Waals surface area (Å²) >= 11 is 0. The van der Waals surface area contributed by atoms with Gasteiger partial charge in [-0.25, -0.2) is 0 Å². The van der Waals surface area contributed by atoms with Gasteiger partial charge in [-0.3, -0.25) is 0 Å². The number of para-hydroxylation sites is 3. The lowest BCUT2D eigenvalue weighted by atomic mass is 9.99. The number of unbranched alkanes of at least 4 members (excludes halogenated alkanes) is 1. The van der Waals surface area contributed by atoms with Crippen LogP contribution in [0.2, 0.25) is 0 Å². The maximum absolute atomic E-state index is 2.57. The molecule has 0 spiro atoms. The third-order valence-electron chi connectivity index (χ3n) is 7.80. The highest BCUT2D eigenvalue weighted by molar-refractivity contribution is 6.10. The molecule has 2 heterocycles. The first-order valence-corrected chi connectivity index (χ1v) is 13.5. The van der Waals surface area contributed by atoms with E-state index in [0.29, 0.717) is 5.92 Å². The molecule has 180 valence electrons. The fourth-order valence-electron chi connectivity index (χ4n) is 5.80. The molecule has 5 aromatic rings. The smallest absolute Gasteiger partial charge is 0.0534 e. The molecule has 6 rings (SSSR count). The molecule has 0 fully saturated rings. The number of hydrogen-bond acceptors (Lipinski definition) is 1. The summed E-state index contributed by atoms with van der Waals surface area (Å²) in [6.45, 7) is 5.72. The number of anilines is 3. The van der Waals surface area contributed by atoms with Crippen molar-refractivity contribution in [2.24, 2.45) is 5.92 Å². The quantitative estimate of drug-likeness (QED) is 0.225. The topological polar surface area (TPSA) is 8.17 Å². The molecule has 0 saturated heterocycles. The Morgan fingerprint density at radius 3 is 2.00 bits per heavy atom. The standard InChI is InChI=1S/C34H34N2/c1-3-5-12-25(4-2)24-35-33-18-11-8-15-29(33)30-23-28(21-22-34(30)35)36-31-16-9-6-13-26(31)19-20-27-14-7-10-17-32(27)36/h6-11,13-23,25H,3-5,12,24H2,1-2H3. The first kappa shape index (κ1) is 22.7. The zero-order valence-electron chi connectivity index (χ0n) is 21.3. The predicted octanol–water partition coefficient (Wildman–Crippen LogP) is 9.96. The molecule has 36 heavy (non-hydrogen) atoms. The molecule has 1 aliphatic rings. The summed E-state index contributed by atoms with van der Waals surface area (Å²) in [6, 6.07) is 33.4. The number of benzene rings is 4. The minimum absolute atomic E-state index is 0.707. The van der Waals surface area contributed by atoms with Gasteiger partial charge < -0.3 is 9.47 Å². The predicted molar refractivity (Wildman–Crippen MR) is 156 cm³/mol. The van der Waals surface area contributed by atoms with Crippen LogP contribution in [-0.4, -0.2) is 4.57 Å². The molecule has 4 aromatic carbocycles. The van der Waals surface area contributed by atoms with Gasteiger partial charge in [0, 0.05) is 34.0 Å². The molecular formula is C34H34N2. The second-order valence-corrected chi connectivity index (χ2v) is 10.0. The Hall–Kier alpha value is -3.78. The molecule has 0 aliphatic carbocycles. The van der Waals surface area contributed by atoms with Crippen LogP contribution in [0.3, 0.4) is 0 Å². The van der Waals surface area contributed by atoms with Gasteiger partial charge in [0.05, 0.1) is 11.4 Å². The van der Waals surface area contributed by atoms with Crippen LogP contribution in [0.1, 0.15) is 50.7 Å². The van der Waals surface area contributed by atoms with Gasteiger partial charge in [-0.2, -0.15) is 0 Å². The summed E-state index contributed by atoms with van der Waals surface area (Å²) in [4.78, 5) is 2.42. The monoisotopic (exact) mass is 470 g/mol. The zero-order chi connectivity index (χ0) is 24.5. The van der Waals surface area contributed by atoms with Crippen LogP contribution in [-0.2, 0) is 6.54 Å². The van der Waals surface area contributed by atoms with E-state index < -0.39 is 0 Å². The first-order valence-electron chi connectivity index (χ1n) is 13.5. The Morgan fingerprint density at radius 2 is 1.31 bits per heavy atom. The first-order chi connectivity index (χ1) is 17.8. The zero-order valence-corrected chi connectivity index (χ0v) is 21.3. The van der Waals surface area contributed by atoms with Crippen LogP contribution >= 0.6 is 0 Å². The second kappa shape index (κ2) is 9.70. The number of rotatable bonds is 7. The lowest BCUT2D eigenvalue weighted by Crippen LogP contribution is -2.12. The van der Waals surface area contributed by atoms with Gasteiger partial charge in [0.2, 0.25) is 0 Å². The fourth-order valence-corrected chi connectivity index (χ4v) is 5.80. The summed E-state index contributed by atoms with van der Waals surface area (Å²) in [6.07, 6.45) is 9.57. The van der Waals surface area contributed by atoms with E-state index in [-0.39, 0.29) is 0 Å². The normalized spacial score (nSPS) is 13.6. The van der Waals surface area contributed by atoms with Crippen molar-refractivity contribution in [2.75, 3.05) is 4.90 Å². The van der Waals surface area contributed by atoms with E-state index in [1.807, 2.05) is 0 Å². The lowest BCUT2D eigenvalue weighted by molar-refractivity contribution is 0.401. The molecule has 0 saturated carbocycles. The van der Waals surface area contributed by atoms with Crippen molar-refractivity contribution in [2.45, 2.75) is 46.1 Å². The largest absolute Gasteiger partial charge is 0.340 e. The van der Waals surface area contributed by atoms with Crippen molar-refractivity contribution in [3.05, 3.63) is 102 Å². The van der Waals surface area contributed by atoms with Gasteiger partial charge >= 0.3 is 0 Å². The molecule has 0 radical (unpaired) electrons. The SMILES string of the molecule is CCCCC(CC)Cn1c2ccccc2c2cc(N3c4ccccc4C=Cc4ccccc43)ccc21. The summed E-state index contributed by atoms with van der Waals surface area (Å²) < 4.78 is 2.57. The van der Waals surface area contributed by atoms with Crippen LogP contribution in [0.15, 0.2) is 91.0 Å². The van der Waals surface area contributed by atoms with Gasteiger partial charge in [0.25, 0.3) is 0 Å². The van der Waals surface area contributed by atoms with Crippen molar-refractivity contribution >= 4 is 51.0 Å². The number of aromatic nitrogens is 1. The van der Waals surface area contributed by atoms with E-state index in [9.17, 15) is 0 Å². The Morgan fingerprint density at radius 1 is 0.667 bits per heavy atom.